The van der Waals surface area contributed by atoms with Crippen molar-refractivity contribution in [1.29, 1.82) is 0 Å². The van der Waals surface area contributed by atoms with Crippen LogP contribution in [-0.4, -0.2) is 85.2 Å². The molecule has 0 radical (unpaired) electrons. The highest BCUT2D eigenvalue weighted by molar-refractivity contribution is 7.85. The number of phenols is 1. The average Bonchev–Trinajstić information content (AvgIpc) is 3.78. The van der Waals surface area contributed by atoms with Gasteiger partial charge in [-0.3, -0.25) is 4.18 Å². The zero-order chi connectivity index (χ0) is 52.2. The molecule has 0 unspecified atom stereocenters. The molecule has 0 aliphatic rings. The van der Waals surface area contributed by atoms with E-state index in [1.807, 2.05) is 50.2 Å². The minimum atomic E-state index is -3.98. The maximum absolute atomic E-state index is 14.5. The van der Waals surface area contributed by atoms with Crippen LogP contribution in [0.1, 0.15) is 34.9 Å². The number of methoxy groups -OCH3 is 1. The van der Waals surface area contributed by atoms with E-state index in [1.54, 1.807) is 80.9 Å². The first kappa shape index (κ1) is 52.5. The Morgan fingerprint density at radius 1 is 0.865 bits per heavy atom. The van der Waals surface area contributed by atoms with Gasteiger partial charge in [-0.1, -0.05) is 60.7 Å². The van der Waals surface area contributed by atoms with E-state index in [4.69, 9.17) is 37.6 Å². The topological polar surface area (TPSA) is 188 Å². The number of aromatic nitrogens is 4. The van der Waals surface area contributed by atoms with Gasteiger partial charge in [-0.15, -0.1) is 17.9 Å². The summed E-state index contributed by atoms with van der Waals surface area (Å²) < 4.78 is 82.2. The third-order valence-electron chi connectivity index (χ3n) is 11.5. The highest BCUT2D eigenvalue weighted by Gasteiger charge is 2.30. The number of hydrogen-bond donors (Lipinski definition) is 1. The van der Waals surface area contributed by atoms with E-state index < -0.39 is 34.1 Å². The van der Waals surface area contributed by atoms with Crippen LogP contribution in [0.5, 0.6) is 28.9 Å². The van der Waals surface area contributed by atoms with Crippen LogP contribution in [0.15, 0.2) is 140 Å². The molecule has 5 aromatic carbocycles. The first-order chi connectivity index (χ1) is 35.8. The highest BCUT2D eigenvalue weighted by atomic mass is 32.2. The van der Waals surface area contributed by atoms with E-state index in [0.29, 0.717) is 71.7 Å². The fourth-order valence-electron chi connectivity index (χ4n) is 8.21. The number of aryl methyl sites for hydroxylation is 2. The minimum absolute atomic E-state index is 0.0000458. The fourth-order valence-corrected chi connectivity index (χ4v) is 10.4. The van der Waals surface area contributed by atoms with Gasteiger partial charge >= 0.3 is 5.97 Å². The molecule has 0 saturated heterocycles. The van der Waals surface area contributed by atoms with Gasteiger partial charge in [-0.25, -0.2) is 29.1 Å². The molecular weight excluding hydrogens is 988 g/mol. The number of carbonyl (C=O) groups excluding carboxylic acids is 1. The van der Waals surface area contributed by atoms with Crippen LogP contribution in [0.2, 0.25) is 0 Å². The van der Waals surface area contributed by atoms with E-state index in [1.165, 1.54) is 41.9 Å². The van der Waals surface area contributed by atoms with Crippen molar-refractivity contribution in [3.05, 3.63) is 174 Å². The van der Waals surface area contributed by atoms with Gasteiger partial charge in [0.05, 0.1) is 43.6 Å². The predicted molar refractivity (Wildman–Crippen MR) is 279 cm³/mol. The number of fused-ring (bicyclic) bond motifs is 1. The second-order valence-electron chi connectivity index (χ2n) is 16.9. The van der Waals surface area contributed by atoms with Crippen LogP contribution in [0.3, 0.4) is 0 Å². The Morgan fingerprint density at radius 3 is 2.36 bits per heavy atom. The Bertz CT molecular complexity index is 3340. The maximum atomic E-state index is 14.5. The van der Waals surface area contributed by atoms with E-state index in [9.17, 15) is 22.7 Å². The molecule has 382 valence electrons. The molecule has 0 aliphatic carbocycles. The number of carbonyl (C=O) groups is 1. The van der Waals surface area contributed by atoms with E-state index in [0.717, 1.165) is 16.7 Å². The van der Waals surface area contributed by atoms with Gasteiger partial charge in [-0.2, -0.15) is 8.42 Å². The number of halogens is 1. The second kappa shape index (κ2) is 24.3. The average molecular weight is 1040 g/mol. The maximum Gasteiger partial charge on any atom is 0.347 e. The molecule has 0 aliphatic heterocycles. The van der Waals surface area contributed by atoms with Crippen LogP contribution in [0.25, 0.3) is 43.2 Å². The van der Waals surface area contributed by atoms with E-state index in [2.05, 4.69) is 21.5 Å². The molecule has 3 heterocycles. The zero-order valence-electron chi connectivity index (χ0n) is 41.0. The van der Waals surface area contributed by atoms with Gasteiger partial charge in [0.25, 0.3) is 10.1 Å². The van der Waals surface area contributed by atoms with Crippen LogP contribution in [-0.2, 0) is 47.4 Å². The van der Waals surface area contributed by atoms with Crippen molar-refractivity contribution in [2.24, 2.45) is 0 Å². The van der Waals surface area contributed by atoms with Crippen LogP contribution in [0.4, 0.5) is 4.39 Å². The van der Waals surface area contributed by atoms with Gasteiger partial charge in [0.2, 0.25) is 12.0 Å². The Labute approximate surface area is 432 Å². The number of esters is 1. The molecule has 15 nitrogen and oxygen atoms in total. The number of rotatable bonds is 24. The van der Waals surface area contributed by atoms with Crippen molar-refractivity contribution in [2.45, 2.75) is 51.8 Å². The minimum Gasteiger partial charge on any atom is -0.508 e. The summed E-state index contributed by atoms with van der Waals surface area (Å²) in [5, 5.41) is 11.2. The Morgan fingerprint density at radius 2 is 1.62 bits per heavy atom. The van der Waals surface area contributed by atoms with Crippen molar-refractivity contribution in [1.82, 2.24) is 19.9 Å². The molecule has 0 amide bonds. The Kier molecular flexibility index (Phi) is 17.3. The van der Waals surface area contributed by atoms with Crippen molar-refractivity contribution < 1.29 is 55.3 Å². The normalized spacial score (nSPS) is 12.2. The number of ether oxygens (including phenoxy) is 6. The molecule has 2 atom stereocenters. The Hall–Kier alpha value is -7.77. The number of thiophene rings is 1. The molecule has 3 aromatic heterocycles. The second-order valence-corrected chi connectivity index (χ2v) is 19.5. The number of para-hydroxylation sites is 1. The molecule has 0 bridgehead atoms. The third-order valence-corrected chi connectivity index (χ3v) is 13.8. The number of nitrogens with zero attached hydrogens (tertiary/aromatic N) is 4. The zero-order valence-corrected chi connectivity index (χ0v) is 42.7. The van der Waals surface area contributed by atoms with Crippen LogP contribution >= 0.6 is 11.3 Å². The predicted octanol–water partition coefficient (Wildman–Crippen LogP) is 10.6. The lowest BCUT2D eigenvalue weighted by atomic mass is 9.92. The van der Waals surface area contributed by atoms with Crippen molar-refractivity contribution in [2.75, 3.05) is 33.5 Å². The van der Waals surface area contributed by atoms with Crippen LogP contribution in [0, 0.1) is 19.7 Å². The number of benzene rings is 5. The summed E-state index contributed by atoms with van der Waals surface area (Å²) in [6, 6.07) is 32.1. The summed E-state index contributed by atoms with van der Waals surface area (Å²) in [6.07, 6.45) is 2.28. The largest absolute Gasteiger partial charge is 0.508 e. The summed E-state index contributed by atoms with van der Waals surface area (Å²) in [4.78, 5) is 33.6. The number of phenolic OH excluding ortho intramolecular Hbond substituents is 1. The number of hydrogen-bond acceptors (Lipinski definition) is 16. The summed E-state index contributed by atoms with van der Waals surface area (Å²) in [5.74, 6) is 0.389. The van der Waals surface area contributed by atoms with Crippen molar-refractivity contribution in [3.8, 4) is 61.8 Å². The first-order valence-corrected chi connectivity index (χ1v) is 25.9. The standard InChI is InChI=1S/C56H53FN4O11S2/c1-6-25-67-31-44(32-70-74(64,65)33-37-13-9-8-10-14-37)71-43-26-35(3)49(36(4)27-43)50-51-54(59-34-60-55(51)73-52(50)38-17-19-40(57)20-18-38)72-48(56(63)68-7-2)29-39-28-42(62)21-22-46(39)69-30-41-23-24-58-53(61-41)45-15-11-12-16-47(45)66-5/h6,8-24,26-28,34,44,48,62H,1,7,25,29-33H2,2-5H3/t44-,48-/m1/s1. The van der Waals surface area contributed by atoms with E-state index in [-0.39, 0.29) is 56.8 Å². The van der Waals surface area contributed by atoms with E-state index >= 15 is 0 Å². The molecule has 8 aromatic rings. The monoisotopic (exact) mass is 1040 g/mol. The van der Waals surface area contributed by atoms with Crippen molar-refractivity contribution in [3.63, 3.8) is 0 Å². The summed E-state index contributed by atoms with van der Waals surface area (Å²) in [6.45, 7) is 9.13. The lowest BCUT2D eigenvalue weighted by molar-refractivity contribution is -0.151. The quantitative estimate of drug-likeness (QED) is 0.0260. The molecule has 18 heteroatoms. The molecular formula is C56H53FN4O11S2. The summed E-state index contributed by atoms with van der Waals surface area (Å²) in [7, 11) is -2.41. The molecule has 0 fully saturated rings. The molecule has 0 saturated carbocycles. The Balaban J connectivity index is 1.12. The lowest BCUT2D eigenvalue weighted by Crippen LogP contribution is -2.32. The number of aromatic hydroxyl groups is 1. The van der Waals surface area contributed by atoms with Gasteiger partial charge in [0.15, 0.2) is 5.82 Å². The molecule has 1 N–H and O–H groups in total. The van der Waals surface area contributed by atoms with Gasteiger partial charge in [-0.05, 0) is 109 Å². The molecule has 74 heavy (non-hydrogen) atoms. The SMILES string of the molecule is C=CCOC[C@H](COS(=O)(=O)Cc1ccccc1)Oc1cc(C)c(-c2c(-c3ccc(F)cc3)sc3ncnc(O[C@H](Cc4cc(O)ccc4OCc4ccnc(-c5ccccc5OC)n4)C(=O)OCC)c23)c(C)c1. The highest BCUT2D eigenvalue weighted by Crippen LogP contribution is 2.49. The third kappa shape index (κ3) is 13.1. The lowest BCUT2D eigenvalue weighted by Gasteiger charge is -2.22. The van der Waals surface area contributed by atoms with Gasteiger partial charge in [0, 0.05) is 28.6 Å². The van der Waals surface area contributed by atoms with Crippen molar-refractivity contribution >= 4 is 37.6 Å². The summed E-state index contributed by atoms with van der Waals surface area (Å²) >= 11 is 1.34. The smallest absolute Gasteiger partial charge is 0.347 e. The first-order valence-electron chi connectivity index (χ1n) is 23.5. The van der Waals surface area contributed by atoms with Crippen LogP contribution < -0.4 is 18.9 Å². The summed E-state index contributed by atoms with van der Waals surface area (Å²) in [5.41, 5.74) is 5.84. The molecule has 0 spiro atoms. The fraction of sp³-hybridized carbons (Fsp3) is 0.232. The van der Waals surface area contributed by atoms with Gasteiger partial charge in [0.1, 0.15) is 65.0 Å². The molecule has 8 rings (SSSR count). The van der Waals surface area contributed by atoms with Gasteiger partial charge < -0.3 is 33.5 Å².